The fraction of sp³-hybridized carbons (Fsp3) is 0.133. The molecule has 3 nitrogen and oxygen atoms in total. The molecule has 0 amide bonds. The van der Waals surface area contributed by atoms with Gasteiger partial charge in [-0.05, 0) is 24.3 Å². The minimum atomic E-state index is -0.271. The zero-order valence-electron chi connectivity index (χ0n) is 10.6. The molecule has 0 saturated heterocycles. The van der Waals surface area contributed by atoms with Crippen molar-refractivity contribution in [2.24, 2.45) is 0 Å². The second-order valence-electron chi connectivity index (χ2n) is 4.50. The molecule has 0 fully saturated rings. The fourth-order valence-electron chi connectivity index (χ4n) is 2.25. The second kappa shape index (κ2) is 5.23. The van der Waals surface area contributed by atoms with E-state index in [2.05, 4.69) is 4.98 Å². The van der Waals surface area contributed by atoms with Crippen molar-refractivity contribution in [1.82, 2.24) is 9.55 Å². The first-order valence-corrected chi connectivity index (χ1v) is 6.56. The minimum Gasteiger partial charge on any atom is -0.388 e. The Morgan fingerprint density at radius 2 is 2.00 bits per heavy atom. The maximum absolute atomic E-state index is 13.8. The van der Waals surface area contributed by atoms with Crippen LogP contribution in [0.4, 0.5) is 4.39 Å². The van der Waals surface area contributed by atoms with Crippen molar-refractivity contribution in [3.63, 3.8) is 0 Å². The summed E-state index contributed by atoms with van der Waals surface area (Å²) in [5.41, 5.74) is 2.07. The van der Waals surface area contributed by atoms with Crippen LogP contribution in [-0.4, -0.2) is 14.7 Å². The van der Waals surface area contributed by atoms with E-state index >= 15 is 0 Å². The summed E-state index contributed by atoms with van der Waals surface area (Å²) in [4.78, 5) is 4.32. The number of nitrogens with zero attached hydrogens (tertiary/aromatic N) is 2. The number of imidazole rings is 1. The van der Waals surface area contributed by atoms with Crippen molar-refractivity contribution in [3.8, 4) is 0 Å². The van der Waals surface area contributed by atoms with E-state index in [9.17, 15) is 9.50 Å². The Morgan fingerprint density at radius 3 is 2.75 bits per heavy atom. The van der Waals surface area contributed by atoms with Crippen LogP contribution in [0.15, 0.2) is 42.5 Å². The summed E-state index contributed by atoms with van der Waals surface area (Å²) in [6, 6.07) is 11.9. The summed E-state index contributed by atoms with van der Waals surface area (Å²) in [5, 5.41) is 10.0. The van der Waals surface area contributed by atoms with Gasteiger partial charge in [-0.1, -0.05) is 29.8 Å². The predicted octanol–water partition coefficient (Wildman–Crippen LogP) is 3.37. The topological polar surface area (TPSA) is 38.1 Å². The van der Waals surface area contributed by atoms with E-state index in [0.29, 0.717) is 28.5 Å². The summed E-state index contributed by atoms with van der Waals surface area (Å²) in [6.07, 6.45) is 0. The van der Waals surface area contributed by atoms with Crippen molar-refractivity contribution < 1.29 is 9.50 Å². The highest BCUT2D eigenvalue weighted by atomic mass is 35.5. The lowest BCUT2D eigenvalue weighted by molar-refractivity contribution is 0.267. The highest BCUT2D eigenvalue weighted by Crippen LogP contribution is 2.22. The molecule has 0 unspecified atom stereocenters. The quantitative estimate of drug-likeness (QED) is 0.803. The Balaban J connectivity index is 2.12. The Bertz CT molecular complexity index is 770. The van der Waals surface area contributed by atoms with Gasteiger partial charge in [0.2, 0.25) is 0 Å². The molecule has 0 aliphatic rings. The van der Waals surface area contributed by atoms with Gasteiger partial charge in [0, 0.05) is 10.6 Å². The van der Waals surface area contributed by atoms with E-state index in [1.807, 2.05) is 6.07 Å². The van der Waals surface area contributed by atoms with E-state index in [1.54, 1.807) is 34.9 Å². The van der Waals surface area contributed by atoms with Crippen LogP contribution in [0.2, 0.25) is 5.02 Å². The monoisotopic (exact) mass is 290 g/mol. The molecule has 0 bridgehead atoms. The molecule has 2 aromatic carbocycles. The number of hydrogen-bond donors (Lipinski definition) is 1. The smallest absolute Gasteiger partial charge is 0.136 e. The molecule has 3 rings (SSSR count). The molecule has 0 aliphatic carbocycles. The maximum atomic E-state index is 13.8. The zero-order chi connectivity index (χ0) is 14.1. The normalized spacial score (nSPS) is 11.2. The van der Waals surface area contributed by atoms with Crippen molar-refractivity contribution in [3.05, 3.63) is 64.7 Å². The molecular formula is C15H12ClFN2O. The molecule has 0 saturated carbocycles. The van der Waals surface area contributed by atoms with E-state index in [4.69, 9.17) is 11.6 Å². The number of hydrogen-bond acceptors (Lipinski definition) is 2. The van der Waals surface area contributed by atoms with Crippen LogP contribution >= 0.6 is 11.6 Å². The summed E-state index contributed by atoms with van der Waals surface area (Å²) in [5.74, 6) is 0.220. The van der Waals surface area contributed by atoms with Gasteiger partial charge >= 0.3 is 0 Å². The number of fused-ring (bicyclic) bond motifs is 1. The van der Waals surface area contributed by atoms with E-state index in [0.717, 1.165) is 5.52 Å². The lowest BCUT2D eigenvalue weighted by Crippen LogP contribution is -2.06. The highest BCUT2D eigenvalue weighted by molar-refractivity contribution is 6.31. The Hall–Kier alpha value is -1.91. The molecule has 1 heterocycles. The third-order valence-corrected chi connectivity index (χ3v) is 3.45. The second-order valence-corrected chi connectivity index (χ2v) is 4.93. The maximum Gasteiger partial charge on any atom is 0.136 e. The van der Waals surface area contributed by atoms with Crippen LogP contribution in [0, 0.1) is 5.82 Å². The third-order valence-electron chi connectivity index (χ3n) is 3.22. The molecule has 0 spiro atoms. The Kier molecular flexibility index (Phi) is 3.42. The average Bonchev–Trinajstić information content (AvgIpc) is 2.78. The van der Waals surface area contributed by atoms with Gasteiger partial charge < -0.3 is 9.67 Å². The van der Waals surface area contributed by atoms with Crippen LogP contribution in [0.3, 0.4) is 0 Å². The van der Waals surface area contributed by atoms with E-state index < -0.39 is 0 Å². The van der Waals surface area contributed by atoms with Gasteiger partial charge in [-0.25, -0.2) is 9.37 Å². The first kappa shape index (κ1) is 13.1. The molecule has 3 aromatic rings. The summed E-state index contributed by atoms with van der Waals surface area (Å²) in [7, 11) is 0. The molecule has 1 aromatic heterocycles. The van der Waals surface area contributed by atoms with Crippen LogP contribution in [0.5, 0.6) is 0 Å². The molecule has 0 atom stereocenters. The number of halogens is 2. The fourth-order valence-corrected chi connectivity index (χ4v) is 2.41. The molecule has 20 heavy (non-hydrogen) atoms. The van der Waals surface area contributed by atoms with Crippen LogP contribution in [0.1, 0.15) is 11.4 Å². The summed E-state index contributed by atoms with van der Waals surface area (Å²) >= 11 is 5.94. The highest BCUT2D eigenvalue weighted by Gasteiger charge is 2.12. The van der Waals surface area contributed by atoms with Crippen molar-refractivity contribution in [1.29, 1.82) is 0 Å². The van der Waals surface area contributed by atoms with Crippen molar-refractivity contribution in [2.75, 3.05) is 0 Å². The van der Waals surface area contributed by atoms with Crippen LogP contribution in [-0.2, 0) is 13.2 Å². The number of aliphatic hydroxyl groups is 1. The summed E-state index contributed by atoms with van der Waals surface area (Å²) < 4.78 is 15.6. The molecule has 0 aliphatic heterocycles. The van der Waals surface area contributed by atoms with E-state index in [-0.39, 0.29) is 12.4 Å². The molecule has 5 heteroatoms. The van der Waals surface area contributed by atoms with E-state index in [1.165, 1.54) is 6.07 Å². The van der Waals surface area contributed by atoms with Crippen LogP contribution in [0.25, 0.3) is 11.0 Å². The Labute approximate surface area is 120 Å². The van der Waals surface area contributed by atoms with Gasteiger partial charge in [0.25, 0.3) is 0 Å². The molecule has 0 radical (unpaired) electrons. The number of aromatic nitrogens is 2. The largest absolute Gasteiger partial charge is 0.388 e. The van der Waals surface area contributed by atoms with Crippen molar-refractivity contribution in [2.45, 2.75) is 13.2 Å². The molecular weight excluding hydrogens is 279 g/mol. The van der Waals surface area contributed by atoms with Gasteiger partial charge in [-0.3, -0.25) is 0 Å². The van der Waals surface area contributed by atoms with Gasteiger partial charge in [-0.2, -0.15) is 0 Å². The first-order valence-electron chi connectivity index (χ1n) is 6.18. The lowest BCUT2D eigenvalue weighted by Gasteiger charge is -2.08. The SMILES string of the molecule is OCc1nc2cc(Cl)ccc2n1Cc1ccccc1F. The van der Waals surface area contributed by atoms with Crippen molar-refractivity contribution >= 4 is 22.6 Å². The van der Waals surface area contributed by atoms with Gasteiger partial charge in [0.15, 0.2) is 0 Å². The van der Waals surface area contributed by atoms with Gasteiger partial charge in [0.05, 0.1) is 17.6 Å². The minimum absolute atomic E-state index is 0.208. The number of aliphatic hydroxyl groups excluding tert-OH is 1. The predicted molar refractivity (Wildman–Crippen MR) is 76.2 cm³/mol. The average molecular weight is 291 g/mol. The molecule has 102 valence electrons. The van der Waals surface area contributed by atoms with Crippen LogP contribution < -0.4 is 0 Å². The molecule has 1 N–H and O–H groups in total. The number of benzene rings is 2. The standard InChI is InChI=1S/C15H12ClFN2O/c16-11-5-6-14-13(7-11)18-15(9-20)19(14)8-10-3-1-2-4-12(10)17/h1-7,20H,8-9H2. The number of rotatable bonds is 3. The summed E-state index contributed by atoms with van der Waals surface area (Å²) in [6.45, 7) is 0.113. The van der Waals surface area contributed by atoms with Gasteiger partial charge in [0.1, 0.15) is 18.2 Å². The Morgan fingerprint density at radius 1 is 1.20 bits per heavy atom. The first-order chi connectivity index (χ1) is 9.69. The van der Waals surface area contributed by atoms with Gasteiger partial charge in [-0.15, -0.1) is 0 Å². The zero-order valence-corrected chi connectivity index (χ0v) is 11.3. The lowest BCUT2D eigenvalue weighted by atomic mass is 10.2. The third kappa shape index (κ3) is 2.28.